The van der Waals surface area contributed by atoms with E-state index in [1.54, 1.807) is 0 Å². The standard InChI is InChI=1S/C10H15NO2/c12-8-6-10(7-9(13)11-8)4-2-1-3-5-10/h1-7H2,(H,11,12,13). The summed E-state index contributed by atoms with van der Waals surface area (Å²) >= 11 is 0. The van der Waals surface area contributed by atoms with Gasteiger partial charge in [0.05, 0.1) is 0 Å². The predicted molar refractivity (Wildman–Crippen MR) is 47.9 cm³/mol. The molecule has 2 rings (SSSR count). The molecule has 13 heavy (non-hydrogen) atoms. The zero-order valence-corrected chi connectivity index (χ0v) is 7.77. The molecule has 72 valence electrons. The van der Waals surface area contributed by atoms with Gasteiger partial charge in [-0.25, -0.2) is 0 Å². The zero-order valence-electron chi connectivity index (χ0n) is 7.77. The third-order valence-corrected chi connectivity index (χ3v) is 3.26. The average molecular weight is 181 g/mol. The molecule has 1 aliphatic carbocycles. The van der Waals surface area contributed by atoms with E-state index in [1.165, 1.54) is 19.3 Å². The van der Waals surface area contributed by atoms with E-state index in [0.717, 1.165) is 12.8 Å². The summed E-state index contributed by atoms with van der Waals surface area (Å²) in [6.45, 7) is 0. The van der Waals surface area contributed by atoms with Crippen LogP contribution in [0.3, 0.4) is 0 Å². The number of hydrogen-bond donors (Lipinski definition) is 1. The number of carbonyl (C=O) groups excluding carboxylic acids is 2. The van der Waals surface area contributed by atoms with Gasteiger partial charge in [0, 0.05) is 12.8 Å². The number of amides is 2. The van der Waals surface area contributed by atoms with E-state index < -0.39 is 0 Å². The molecule has 0 aromatic carbocycles. The monoisotopic (exact) mass is 181 g/mol. The van der Waals surface area contributed by atoms with Gasteiger partial charge in [0.15, 0.2) is 0 Å². The molecule has 0 radical (unpaired) electrons. The number of carbonyl (C=O) groups is 2. The van der Waals surface area contributed by atoms with Crippen molar-refractivity contribution >= 4 is 11.8 Å². The summed E-state index contributed by atoms with van der Waals surface area (Å²) in [4.78, 5) is 22.4. The van der Waals surface area contributed by atoms with Crippen LogP contribution in [0.15, 0.2) is 0 Å². The zero-order chi connectivity index (χ0) is 9.31. The molecule has 3 heteroatoms. The van der Waals surface area contributed by atoms with Crippen molar-refractivity contribution < 1.29 is 9.59 Å². The highest BCUT2D eigenvalue weighted by Gasteiger charge is 2.39. The molecule has 2 aliphatic rings. The van der Waals surface area contributed by atoms with Gasteiger partial charge in [-0.3, -0.25) is 14.9 Å². The summed E-state index contributed by atoms with van der Waals surface area (Å²) in [6, 6.07) is 0. The third kappa shape index (κ3) is 1.74. The van der Waals surface area contributed by atoms with Crippen molar-refractivity contribution in [2.75, 3.05) is 0 Å². The maximum Gasteiger partial charge on any atom is 0.227 e. The van der Waals surface area contributed by atoms with Gasteiger partial charge < -0.3 is 0 Å². The SMILES string of the molecule is O=C1CC2(CCCCC2)CC(=O)N1. The summed E-state index contributed by atoms with van der Waals surface area (Å²) < 4.78 is 0. The molecule has 2 amide bonds. The van der Waals surface area contributed by atoms with Gasteiger partial charge in [-0.05, 0) is 18.3 Å². The highest BCUT2D eigenvalue weighted by Crippen LogP contribution is 2.43. The first-order valence-corrected chi connectivity index (χ1v) is 5.03. The third-order valence-electron chi connectivity index (χ3n) is 3.26. The summed E-state index contributed by atoms with van der Waals surface area (Å²) in [5.41, 5.74) is 0.0394. The Morgan fingerprint density at radius 1 is 0.923 bits per heavy atom. The maximum atomic E-state index is 11.2. The second kappa shape index (κ2) is 3.13. The lowest BCUT2D eigenvalue weighted by Crippen LogP contribution is -2.45. The van der Waals surface area contributed by atoms with Crippen LogP contribution in [0.4, 0.5) is 0 Å². The fourth-order valence-corrected chi connectivity index (χ4v) is 2.64. The molecule has 0 atom stereocenters. The topological polar surface area (TPSA) is 46.2 Å². The number of imide groups is 1. The Morgan fingerprint density at radius 3 is 2.00 bits per heavy atom. The Balaban J connectivity index is 2.11. The van der Waals surface area contributed by atoms with Gasteiger partial charge in [0.25, 0.3) is 0 Å². The molecule has 3 nitrogen and oxygen atoms in total. The summed E-state index contributed by atoms with van der Waals surface area (Å²) in [5.74, 6) is -0.142. The van der Waals surface area contributed by atoms with E-state index in [9.17, 15) is 9.59 Å². The van der Waals surface area contributed by atoms with E-state index in [0.29, 0.717) is 12.8 Å². The molecule has 0 aromatic rings. The first-order valence-electron chi connectivity index (χ1n) is 5.03. The van der Waals surface area contributed by atoms with Crippen LogP contribution < -0.4 is 5.32 Å². The van der Waals surface area contributed by atoms with E-state index >= 15 is 0 Å². The Bertz CT molecular complexity index is 223. The van der Waals surface area contributed by atoms with Crippen molar-refractivity contribution in [3.05, 3.63) is 0 Å². The van der Waals surface area contributed by atoms with Crippen LogP contribution in [-0.4, -0.2) is 11.8 Å². The molecule has 2 fully saturated rings. The van der Waals surface area contributed by atoms with Crippen molar-refractivity contribution in [2.24, 2.45) is 5.41 Å². The fraction of sp³-hybridized carbons (Fsp3) is 0.800. The van der Waals surface area contributed by atoms with Crippen LogP contribution in [0.1, 0.15) is 44.9 Å². The number of rotatable bonds is 0. The molecule has 1 saturated heterocycles. The summed E-state index contributed by atoms with van der Waals surface area (Å²) in [6.07, 6.45) is 6.88. The molecule has 1 saturated carbocycles. The van der Waals surface area contributed by atoms with E-state index in [4.69, 9.17) is 0 Å². The Kier molecular flexibility index (Phi) is 2.10. The number of piperidine rings is 1. The Labute approximate surface area is 77.9 Å². The molecular weight excluding hydrogens is 166 g/mol. The van der Waals surface area contributed by atoms with Crippen molar-refractivity contribution in [1.82, 2.24) is 5.32 Å². The van der Waals surface area contributed by atoms with Crippen LogP contribution in [0.5, 0.6) is 0 Å². The normalized spacial score (nSPS) is 27.4. The summed E-state index contributed by atoms with van der Waals surface area (Å²) in [7, 11) is 0. The van der Waals surface area contributed by atoms with Crippen molar-refractivity contribution in [1.29, 1.82) is 0 Å². The van der Waals surface area contributed by atoms with E-state index in [1.807, 2.05) is 0 Å². The molecule has 1 spiro atoms. The van der Waals surface area contributed by atoms with Crippen LogP contribution >= 0.6 is 0 Å². The molecule has 1 aliphatic heterocycles. The van der Waals surface area contributed by atoms with Gasteiger partial charge in [-0.15, -0.1) is 0 Å². The molecule has 1 N–H and O–H groups in total. The van der Waals surface area contributed by atoms with Crippen molar-refractivity contribution in [3.63, 3.8) is 0 Å². The Hall–Kier alpha value is -0.860. The molecule has 1 heterocycles. The number of hydrogen-bond acceptors (Lipinski definition) is 2. The van der Waals surface area contributed by atoms with E-state index in [2.05, 4.69) is 5.32 Å². The minimum atomic E-state index is -0.0712. The van der Waals surface area contributed by atoms with Gasteiger partial charge in [-0.2, -0.15) is 0 Å². The summed E-state index contributed by atoms with van der Waals surface area (Å²) in [5, 5.41) is 2.37. The highest BCUT2D eigenvalue weighted by molar-refractivity contribution is 5.98. The molecule has 0 aromatic heterocycles. The van der Waals surface area contributed by atoms with Gasteiger partial charge in [-0.1, -0.05) is 19.3 Å². The van der Waals surface area contributed by atoms with Crippen LogP contribution in [0, 0.1) is 5.41 Å². The van der Waals surface area contributed by atoms with Gasteiger partial charge in [0.2, 0.25) is 11.8 Å². The largest absolute Gasteiger partial charge is 0.296 e. The molecule has 0 unspecified atom stereocenters. The van der Waals surface area contributed by atoms with Crippen molar-refractivity contribution in [2.45, 2.75) is 44.9 Å². The first-order chi connectivity index (χ1) is 6.20. The highest BCUT2D eigenvalue weighted by atomic mass is 16.2. The molecule has 0 bridgehead atoms. The second-order valence-electron chi connectivity index (χ2n) is 4.39. The second-order valence-corrected chi connectivity index (χ2v) is 4.39. The average Bonchev–Trinajstić information content (AvgIpc) is 2.02. The quantitative estimate of drug-likeness (QED) is 0.574. The number of nitrogens with one attached hydrogen (secondary N) is 1. The lowest BCUT2D eigenvalue weighted by Gasteiger charge is -2.38. The van der Waals surface area contributed by atoms with Crippen LogP contribution in [0.25, 0.3) is 0 Å². The fourth-order valence-electron chi connectivity index (χ4n) is 2.64. The maximum absolute atomic E-state index is 11.2. The Morgan fingerprint density at radius 2 is 1.46 bits per heavy atom. The predicted octanol–water partition coefficient (Wildman–Crippen LogP) is 1.37. The van der Waals surface area contributed by atoms with Gasteiger partial charge in [0.1, 0.15) is 0 Å². The lowest BCUT2D eigenvalue weighted by molar-refractivity contribution is -0.139. The van der Waals surface area contributed by atoms with Crippen molar-refractivity contribution in [3.8, 4) is 0 Å². The minimum Gasteiger partial charge on any atom is -0.296 e. The smallest absolute Gasteiger partial charge is 0.227 e. The van der Waals surface area contributed by atoms with E-state index in [-0.39, 0.29) is 17.2 Å². The van der Waals surface area contributed by atoms with Crippen LogP contribution in [-0.2, 0) is 9.59 Å². The minimum absolute atomic E-state index is 0.0394. The first kappa shape index (κ1) is 8.73. The van der Waals surface area contributed by atoms with Gasteiger partial charge >= 0.3 is 0 Å². The molecular formula is C10H15NO2. The van der Waals surface area contributed by atoms with Crippen LogP contribution in [0.2, 0.25) is 0 Å². The lowest BCUT2D eigenvalue weighted by atomic mass is 9.68.